The molecule has 0 amide bonds. The number of benzene rings is 1. The van der Waals surface area contributed by atoms with Crippen molar-refractivity contribution in [3.63, 3.8) is 0 Å². The normalized spacial score (nSPS) is 16.7. The van der Waals surface area contributed by atoms with Crippen molar-refractivity contribution in [2.24, 2.45) is 9.98 Å². The van der Waals surface area contributed by atoms with Gasteiger partial charge in [-0.05, 0) is 37.3 Å². The molecule has 1 aromatic carbocycles. The summed E-state index contributed by atoms with van der Waals surface area (Å²) >= 11 is 0. The van der Waals surface area contributed by atoms with Crippen molar-refractivity contribution in [1.82, 2.24) is 4.90 Å². The summed E-state index contributed by atoms with van der Waals surface area (Å²) in [5.74, 6) is -2.82. The highest BCUT2D eigenvalue weighted by Gasteiger charge is 2.34. The molecule has 1 aliphatic rings. The summed E-state index contributed by atoms with van der Waals surface area (Å²) in [5, 5.41) is 0. The molecular weight excluding hydrogens is 329 g/mol. The van der Waals surface area contributed by atoms with Gasteiger partial charge in [0.15, 0.2) is 5.84 Å². The van der Waals surface area contributed by atoms with E-state index in [1.54, 1.807) is 0 Å². The van der Waals surface area contributed by atoms with Crippen LogP contribution in [0.5, 0.6) is 0 Å². The maximum atomic E-state index is 14.1. The van der Waals surface area contributed by atoms with Gasteiger partial charge in [-0.3, -0.25) is 4.99 Å². The first-order valence-electron chi connectivity index (χ1n) is 7.20. The summed E-state index contributed by atoms with van der Waals surface area (Å²) in [6, 6.07) is 4.52. The number of alkyl halides is 3. The molecule has 1 aromatic rings. The van der Waals surface area contributed by atoms with Gasteiger partial charge < -0.3 is 4.90 Å². The fraction of sp³-hybridized carbons (Fsp3) is 0.375. The Morgan fingerprint density at radius 3 is 2.21 bits per heavy atom. The molecule has 3 nitrogen and oxygen atoms in total. The molecule has 1 aliphatic carbocycles. The quantitative estimate of drug-likeness (QED) is 0.334. The van der Waals surface area contributed by atoms with Crippen LogP contribution in [0.15, 0.2) is 46.0 Å². The Hall–Kier alpha value is -2.25. The van der Waals surface area contributed by atoms with Gasteiger partial charge >= 0.3 is 6.18 Å². The first-order valence-corrected chi connectivity index (χ1v) is 7.20. The molecule has 0 aliphatic heterocycles. The molecule has 0 heterocycles. The zero-order valence-corrected chi connectivity index (χ0v) is 12.9. The van der Waals surface area contributed by atoms with Crippen molar-refractivity contribution in [3.05, 3.63) is 47.2 Å². The molecule has 130 valence electrons. The molecule has 1 fully saturated rings. The number of hydrogen-bond acceptors (Lipinski definition) is 2. The van der Waals surface area contributed by atoms with E-state index in [1.165, 1.54) is 24.1 Å². The van der Waals surface area contributed by atoms with Crippen LogP contribution in [0, 0.1) is 0 Å². The first-order chi connectivity index (χ1) is 11.3. The van der Waals surface area contributed by atoms with Crippen molar-refractivity contribution < 1.29 is 22.0 Å². The lowest BCUT2D eigenvalue weighted by Gasteiger charge is -2.25. The van der Waals surface area contributed by atoms with Gasteiger partial charge in [-0.1, -0.05) is 12.1 Å². The maximum absolute atomic E-state index is 14.1. The number of aliphatic imine (C=N–C) groups is 2. The van der Waals surface area contributed by atoms with E-state index in [9.17, 15) is 22.0 Å². The van der Waals surface area contributed by atoms with Crippen LogP contribution in [0.25, 0.3) is 0 Å². The summed E-state index contributed by atoms with van der Waals surface area (Å²) in [6.07, 6.45) is -2.87. The summed E-state index contributed by atoms with van der Waals surface area (Å²) in [7, 11) is 1.31. The Morgan fingerprint density at radius 1 is 1.21 bits per heavy atom. The lowest BCUT2D eigenvalue weighted by molar-refractivity contribution is -0.137. The average Bonchev–Trinajstić information content (AvgIpc) is 3.38. The van der Waals surface area contributed by atoms with E-state index < -0.39 is 23.5 Å². The Labute approximate surface area is 136 Å². The number of amidine groups is 1. The third-order valence-corrected chi connectivity index (χ3v) is 3.62. The van der Waals surface area contributed by atoms with Gasteiger partial charge in [-0.15, -0.1) is 0 Å². The largest absolute Gasteiger partial charge is 0.416 e. The van der Waals surface area contributed by atoms with Crippen LogP contribution < -0.4 is 0 Å². The van der Waals surface area contributed by atoms with Crippen LogP contribution in [0.4, 0.5) is 22.0 Å². The van der Waals surface area contributed by atoms with E-state index in [0.717, 1.165) is 25.0 Å². The minimum Gasteiger partial charge on any atom is -0.347 e. The van der Waals surface area contributed by atoms with Gasteiger partial charge in [0.1, 0.15) is 0 Å². The fourth-order valence-electron chi connectivity index (χ4n) is 2.27. The Balaban J connectivity index is 2.25. The lowest BCUT2D eigenvalue weighted by atomic mass is 10.1. The molecule has 8 heteroatoms. The molecule has 0 bridgehead atoms. The monoisotopic (exact) mass is 345 g/mol. The third kappa shape index (κ3) is 4.18. The predicted molar refractivity (Wildman–Crippen MR) is 82.2 cm³/mol. The molecule has 0 aromatic heterocycles. The Kier molecular flexibility index (Phi) is 5.36. The van der Waals surface area contributed by atoms with E-state index >= 15 is 0 Å². The number of halogens is 5. The predicted octanol–water partition coefficient (Wildman–Crippen LogP) is 4.51. The van der Waals surface area contributed by atoms with Gasteiger partial charge in [0.05, 0.1) is 5.56 Å². The molecular formula is C16H16F5N3. The molecule has 2 rings (SSSR count). The van der Waals surface area contributed by atoms with Crippen LogP contribution in [0.3, 0.4) is 0 Å². The lowest BCUT2D eigenvalue weighted by Crippen LogP contribution is -2.33. The highest BCUT2D eigenvalue weighted by atomic mass is 19.4. The van der Waals surface area contributed by atoms with Crippen LogP contribution >= 0.6 is 0 Å². The smallest absolute Gasteiger partial charge is 0.347 e. The van der Waals surface area contributed by atoms with Crippen LogP contribution in [-0.4, -0.2) is 30.5 Å². The van der Waals surface area contributed by atoms with Gasteiger partial charge in [-0.25, -0.2) is 4.99 Å². The van der Waals surface area contributed by atoms with Crippen LogP contribution in [-0.2, 0) is 12.7 Å². The summed E-state index contributed by atoms with van der Waals surface area (Å²) in [5.41, 5.74) is -0.225. The van der Waals surface area contributed by atoms with E-state index in [2.05, 4.69) is 16.7 Å². The second-order valence-corrected chi connectivity index (χ2v) is 5.36. The molecule has 1 saturated carbocycles. The average molecular weight is 345 g/mol. The second kappa shape index (κ2) is 7.11. The summed E-state index contributed by atoms with van der Waals surface area (Å²) in [6.45, 7) is 3.05. The summed E-state index contributed by atoms with van der Waals surface area (Å²) < 4.78 is 65.2. The first kappa shape index (κ1) is 18.1. The molecule has 0 unspecified atom stereocenters. The zero-order valence-electron chi connectivity index (χ0n) is 12.9. The topological polar surface area (TPSA) is 28.0 Å². The number of rotatable bonds is 5. The van der Waals surface area contributed by atoms with Gasteiger partial charge in [-0.2, -0.15) is 22.0 Å². The Morgan fingerprint density at radius 2 is 1.79 bits per heavy atom. The highest BCUT2D eigenvalue weighted by molar-refractivity contribution is 5.97. The summed E-state index contributed by atoms with van der Waals surface area (Å²) in [4.78, 5) is 8.22. The molecule has 0 atom stereocenters. The molecule has 0 saturated heterocycles. The zero-order chi connectivity index (χ0) is 17.9. The van der Waals surface area contributed by atoms with Gasteiger partial charge in [0.2, 0.25) is 5.83 Å². The van der Waals surface area contributed by atoms with Crippen molar-refractivity contribution in [2.45, 2.75) is 31.6 Å². The van der Waals surface area contributed by atoms with Crippen LogP contribution in [0.1, 0.15) is 24.0 Å². The van der Waals surface area contributed by atoms with Crippen molar-refractivity contribution in [2.75, 3.05) is 7.05 Å². The standard InChI is InChI=1S/C16H16F5N3/c1-22-14(18)13(17)15(23-2)24(12-7-8-12)9-10-3-5-11(6-4-10)16(19,20)21/h3-6,12H,1,7-9H2,2H3/b14-13+,23-15+. The SMILES string of the molecule is C=N/C(F)=C(F)\C(=N/C)N(Cc1ccc(C(F)(F)F)cc1)C1CC1. The van der Waals surface area contributed by atoms with Crippen molar-refractivity contribution in [1.29, 1.82) is 0 Å². The number of nitrogens with zero attached hydrogens (tertiary/aromatic N) is 3. The highest BCUT2D eigenvalue weighted by Crippen LogP contribution is 2.32. The number of hydrogen-bond donors (Lipinski definition) is 0. The minimum atomic E-state index is -4.42. The van der Waals surface area contributed by atoms with E-state index in [1.807, 2.05) is 0 Å². The van der Waals surface area contributed by atoms with Gasteiger partial charge in [0, 0.05) is 19.6 Å². The van der Waals surface area contributed by atoms with Crippen molar-refractivity contribution in [3.8, 4) is 0 Å². The third-order valence-electron chi connectivity index (χ3n) is 3.62. The molecule has 24 heavy (non-hydrogen) atoms. The van der Waals surface area contributed by atoms with Crippen molar-refractivity contribution >= 4 is 12.6 Å². The Bertz CT molecular complexity index is 657. The van der Waals surface area contributed by atoms with Crippen LogP contribution in [0.2, 0.25) is 0 Å². The minimum absolute atomic E-state index is 0.0330. The maximum Gasteiger partial charge on any atom is 0.416 e. The van der Waals surface area contributed by atoms with E-state index in [4.69, 9.17) is 0 Å². The molecule has 0 N–H and O–H groups in total. The fourth-order valence-corrected chi connectivity index (χ4v) is 2.27. The van der Waals surface area contributed by atoms with Gasteiger partial charge in [0.25, 0.3) is 5.95 Å². The molecule has 0 spiro atoms. The van der Waals surface area contributed by atoms with E-state index in [-0.39, 0.29) is 18.4 Å². The second-order valence-electron chi connectivity index (χ2n) is 5.36. The molecule has 0 radical (unpaired) electrons. The van der Waals surface area contributed by atoms with E-state index in [0.29, 0.717) is 5.56 Å².